The number of fused-ring (bicyclic) bond motifs is 3. The van der Waals surface area contributed by atoms with Crippen LogP contribution in [0.3, 0.4) is 0 Å². The molecule has 0 aliphatic carbocycles. The van der Waals surface area contributed by atoms with Crippen molar-refractivity contribution in [3.8, 4) is 6.07 Å². The minimum atomic E-state index is -0.800. The second kappa shape index (κ2) is 5.09. The number of rotatable bonds is 2. The molecule has 6 heteroatoms. The van der Waals surface area contributed by atoms with Crippen LogP contribution in [0.1, 0.15) is 30.1 Å². The van der Waals surface area contributed by atoms with Crippen molar-refractivity contribution in [3.05, 3.63) is 23.8 Å². The Morgan fingerprint density at radius 2 is 2.38 bits per heavy atom. The van der Waals surface area contributed by atoms with Crippen molar-refractivity contribution in [1.29, 1.82) is 5.26 Å². The standard InChI is InChI=1S/C15H15N3O3/c1-9(8-16)21-15(20)10-4-5-12-11(7-10)17-14(19)13-3-2-6-18(12)13/h4-5,7,9,13H,2-3,6H2,1H3,(H,17,19)/t9-,13+/m1/s1. The number of amides is 1. The molecule has 0 saturated carbocycles. The minimum Gasteiger partial charge on any atom is -0.444 e. The Bertz CT molecular complexity index is 650. The number of benzene rings is 1. The van der Waals surface area contributed by atoms with E-state index in [-0.39, 0.29) is 11.9 Å². The molecular formula is C15H15N3O3. The van der Waals surface area contributed by atoms with Gasteiger partial charge in [0.1, 0.15) is 12.1 Å². The molecule has 2 atom stereocenters. The summed E-state index contributed by atoms with van der Waals surface area (Å²) in [5.41, 5.74) is 1.88. The van der Waals surface area contributed by atoms with Crippen LogP contribution < -0.4 is 10.2 Å². The SMILES string of the molecule is C[C@H](C#N)OC(=O)c1ccc2c(c1)NC(=O)[C@@H]1CCCN21. The predicted molar refractivity (Wildman–Crippen MR) is 75.9 cm³/mol. The Hall–Kier alpha value is -2.55. The van der Waals surface area contributed by atoms with Gasteiger partial charge in [0.2, 0.25) is 5.91 Å². The van der Waals surface area contributed by atoms with Gasteiger partial charge in [0.05, 0.1) is 16.9 Å². The smallest absolute Gasteiger partial charge is 0.339 e. The molecule has 2 aliphatic rings. The maximum Gasteiger partial charge on any atom is 0.339 e. The van der Waals surface area contributed by atoms with E-state index in [4.69, 9.17) is 10.00 Å². The fourth-order valence-electron chi connectivity index (χ4n) is 2.81. The van der Waals surface area contributed by atoms with E-state index >= 15 is 0 Å². The van der Waals surface area contributed by atoms with Crippen molar-refractivity contribution >= 4 is 23.3 Å². The summed E-state index contributed by atoms with van der Waals surface area (Å²) < 4.78 is 4.96. The summed E-state index contributed by atoms with van der Waals surface area (Å²) in [6.45, 7) is 2.35. The quantitative estimate of drug-likeness (QED) is 0.836. The summed E-state index contributed by atoms with van der Waals surface area (Å²) in [6, 6.07) is 6.83. The van der Waals surface area contributed by atoms with E-state index in [1.807, 2.05) is 12.1 Å². The van der Waals surface area contributed by atoms with Gasteiger partial charge < -0.3 is 15.0 Å². The van der Waals surface area contributed by atoms with Crippen molar-refractivity contribution in [2.45, 2.75) is 31.9 Å². The first-order chi connectivity index (χ1) is 10.1. The van der Waals surface area contributed by atoms with Gasteiger partial charge in [-0.1, -0.05) is 0 Å². The van der Waals surface area contributed by atoms with E-state index in [0.29, 0.717) is 11.3 Å². The minimum absolute atomic E-state index is 0.0316. The highest BCUT2D eigenvalue weighted by Gasteiger charge is 2.36. The topological polar surface area (TPSA) is 82.4 Å². The highest BCUT2D eigenvalue weighted by atomic mass is 16.5. The summed E-state index contributed by atoms with van der Waals surface area (Å²) in [5, 5.41) is 11.5. The largest absolute Gasteiger partial charge is 0.444 e. The molecular weight excluding hydrogens is 270 g/mol. The van der Waals surface area contributed by atoms with Gasteiger partial charge in [-0.2, -0.15) is 5.26 Å². The third kappa shape index (κ3) is 2.31. The molecule has 21 heavy (non-hydrogen) atoms. The number of nitrogens with one attached hydrogen (secondary N) is 1. The second-order valence-electron chi connectivity index (χ2n) is 5.25. The molecule has 108 valence electrons. The number of carbonyl (C=O) groups is 2. The Kier molecular flexibility index (Phi) is 3.26. The molecule has 1 N–H and O–H groups in total. The van der Waals surface area contributed by atoms with E-state index < -0.39 is 12.1 Å². The predicted octanol–water partition coefficient (Wildman–Crippen LogP) is 1.68. The fraction of sp³-hybridized carbons (Fsp3) is 0.400. The average molecular weight is 285 g/mol. The zero-order valence-corrected chi connectivity index (χ0v) is 11.6. The normalized spacial score (nSPS) is 20.9. The Balaban J connectivity index is 1.89. The van der Waals surface area contributed by atoms with Gasteiger partial charge in [-0.15, -0.1) is 0 Å². The highest BCUT2D eigenvalue weighted by molar-refractivity contribution is 6.05. The maximum absolute atomic E-state index is 12.0. The Morgan fingerprint density at radius 1 is 1.57 bits per heavy atom. The summed E-state index contributed by atoms with van der Waals surface area (Å²) >= 11 is 0. The molecule has 3 rings (SSSR count). The number of hydrogen-bond donors (Lipinski definition) is 1. The highest BCUT2D eigenvalue weighted by Crippen LogP contribution is 2.37. The lowest BCUT2D eigenvalue weighted by atomic mass is 10.1. The number of carbonyl (C=O) groups excluding carboxylic acids is 2. The van der Waals surface area contributed by atoms with Crippen molar-refractivity contribution < 1.29 is 14.3 Å². The van der Waals surface area contributed by atoms with Crippen LogP contribution in [0, 0.1) is 11.3 Å². The van der Waals surface area contributed by atoms with Crippen LogP contribution in [0.2, 0.25) is 0 Å². The summed E-state index contributed by atoms with van der Waals surface area (Å²) in [7, 11) is 0. The number of anilines is 2. The van der Waals surface area contributed by atoms with Crippen LogP contribution in [-0.4, -0.2) is 30.6 Å². The van der Waals surface area contributed by atoms with Crippen LogP contribution in [0.4, 0.5) is 11.4 Å². The number of nitriles is 1. The molecule has 0 unspecified atom stereocenters. The van der Waals surface area contributed by atoms with Crippen LogP contribution >= 0.6 is 0 Å². The van der Waals surface area contributed by atoms with E-state index in [1.54, 1.807) is 12.1 Å². The van der Waals surface area contributed by atoms with E-state index in [1.165, 1.54) is 6.92 Å². The molecule has 0 bridgehead atoms. The molecule has 6 nitrogen and oxygen atoms in total. The first-order valence-corrected chi connectivity index (χ1v) is 6.92. The Morgan fingerprint density at radius 3 is 3.14 bits per heavy atom. The van der Waals surface area contributed by atoms with Crippen LogP contribution in [0.25, 0.3) is 0 Å². The second-order valence-corrected chi connectivity index (χ2v) is 5.25. The van der Waals surface area contributed by atoms with Gasteiger partial charge in [0.25, 0.3) is 0 Å². The lowest BCUT2D eigenvalue weighted by molar-refractivity contribution is -0.117. The lowest BCUT2D eigenvalue weighted by Gasteiger charge is -2.33. The summed E-state index contributed by atoms with van der Waals surface area (Å²) in [4.78, 5) is 26.0. The number of nitrogens with zero attached hydrogens (tertiary/aromatic N) is 2. The number of hydrogen-bond acceptors (Lipinski definition) is 5. The summed E-state index contributed by atoms with van der Waals surface area (Å²) in [6.07, 6.45) is 1.04. The van der Waals surface area contributed by atoms with Gasteiger partial charge in [-0.05, 0) is 38.0 Å². The van der Waals surface area contributed by atoms with E-state index in [2.05, 4.69) is 10.2 Å². The van der Waals surface area contributed by atoms with Gasteiger partial charge >= 0.3 is 5.97 Å². The molecule has 1 amide bonds. The molecule has 1 aromatic carbocycles. The Labute approximate surface area is 122 Å². The first kappa shape index (κ1) is 13.4. The van der Waals surface area contributed by atoms with Crippen LogP contribution in [0.15, 0.2) is 18.2 Å². The van der Waals surface area contributed by atoms with Crippen molar-refractivity contribution in [2.75, 3.05) is 16.8 Å². The van der Waals surface area contributed by atoms with E-state index in [9.17, 15) is 9.59 Å². The van der Waals surface area contributed by atoms with Crippen molar-refractivity contribution in [2.24, 2.45) is 0 Å². The third-order valence-corrected chi connectivity index (χ3v) is 3.82. The third-order valence-electron chi connectivity index (χ3n) is 3.82. The lowest BCUT2D eigenvalue weighted by Crippen LogP contribution is -2.43. The van der Waals surface area contributed by atoms with Gasteiger partial charge in [-0.3, -0.25) is 4.79 Å². The number of esters is 1. The molecule has 1 fully saturated rings. The van der Waals surface area contributed by atoms with Crippen LogP contribution in [0.5, 0.6) is 0 Å². The van der Waals surface area contributed by atoms with Gasteiger partial charge in [0, 0.05) is 6.54 Å². The zero-order chi connectivity index (χ0) is 15.0. The van der Waals surface area contributed by atoms with E-state index in [0.717, 1.165) is 25.1 Å². The molecule has 1 saturated heterocycles. The maximum atomic E-state index is 12.0. The monoisotopic (exact) mass is 285 g/mol. The summed E-state index contributed by atoms with van der Waals surface area (Å²) in [5.74, 6) is -0.597. The zero-order valence-electron chi connectivity index (χ0n) is 11.6. The molecule has 0 spiro atoms. The molecule has 0 radical (unpaired) electrons. The fourth-order valence-corrected chi connectivity index (χ4v) is 2.81. The van der Waals surface area contributed by atoms with Crippen LogP contribution in [-0.2, 0) is 9.53 Å². The van der Waals surface area contributed by atoms with Gasteiger partial charge in [0.15, 0.2) is 6.10 Å². The molecule has 1 aromatic rings. The first-order valence-electron chi connectivity index (χ1n) is 6.92. The molecule has 0 aromatic heterocycles. The van der Waals surface area contributed by atoms with Crippen molar-refractivity contribution in [1.82, 2.24) is 0 Å². The van der Waals surface area contributed by atoms with Gasteiger partial charge in [-0.25, -0.2) is 4.79 Å². The van der Waals surface area contributed by atoms with Crippen molar-refractivity contribution in [3.63, 3.8) is 0 Å². The molecule has 2 aliphatic heterocycles. The molecule has 2 heterocycles. The number of ether oxygens (including phenoxy) is 1. The average Bonchev–Trinajstić information content (AvgIpc) is 2.96.